The highest BCUT2D eigenvalue weighted by Gasteiger charge is 2.41. The topological polar surface area (TPSA) is 55.4 Å². The largest absolute Gasteiger partial charge is 0.327 e. The van der Waals surface area contributed by atoms with E-state index in [1.807, 2.05) is 44.2 Å². The number of aryl methyl sites for hydroxylation is 2. The zero-order chi connectivity index (χ0) is 15.9. The molecule has 2 aromatic carbocycles. The Labute approximate surface area is 130 Å². The highest BCUT2D eigenvalue weighted by atomic mass is 31.2. The predicted molar refractivity (Wildman–Crippen MR) is 87.7 cm³/mol. The molecule has 0 radical (unpaired) electrons. The lowest BCUT2D eigenvalue weighted by Gasteiger charge is -2.14. The van der Waals surface area contributed by atoms with Crippen molar-refractivity contribution in [3.8, 4) is 11.1 Å². The Morgan fingerprint density at radius 3 is 2.41 bits per heavy atom. The van der Waals surface area contributed by atoms with Crippen molar-refractivity contribution in [2.45, 2.75) is 20.8 Å². The summed E-state index contributed by atoms with van der Waals surface area (Å²) in [4.78, 5) is 12.2. The molecular weight excluding hydrogens is 297 g/mol. The number of carbonyl (C=O) groups is 1. The maximum atomic E-state index is 12.8. The predicted octanol–water partition coefficient (Wildman–Crippen LogP) is 3.57. The van der Waals surface area contributed by atoms with E-state index < -0.39 is 7.52 Å². The van der Waals surface area contributed by atoms with Gasteiger partial charge in [0, 0.05) is 0 Å². The molecule has 1 aliphatic rings. The van der Waals surface area contributed by atoms with Gasteiger partial charge in [-0.15, -0.1) is 0 Å². The number of carbonyl (C=O) groups excluding carboxylic acids is 1. The second-order valence-electron chi connectivity index (χ2n) is 5.47. The summed E-state index contributed by atoms with van der Waals surface area (Å²) in [5.74, 6) is -0.330. The summed E-state index contributed by atoms with van der Waals surface area (Å²) in [6.45, 7) is 5.95. The number of hydrogen-bond acceptors (Lipinski definition) is 3. The first-order chi connectivity index (χ1) is 10.4. The second kappa shape index (κ2) is 5.38. The molecule has 0 bridgehead atoms. The third kappa shape index (κ3) is 2.39. The number of amides is 1. The van der Waals surface area contributed by atoms with Crippen LogP contribution in [-0.4, -0.2) is 12.5 Å². The molecule has 0 aliphatic carbocycles. The Hall–Kier alpha value is -1.90. The van der Waals surface area contributed by atoms with E-state index in [0.29, 0.717) is 10.9 Å². The lowest BCUT2D eigenvalue weighted by Crippen LogP contribution is -2.15. The van der Waals surface area contributed by atoms with Crippen LogP contribution in [0.2, 0.25) is 0 Å². The molecule has 0 fully saturated rings. The highest BCUT2D eigenvalue weighted by Crippen LogP contribution is 2.48. The van der Waals surface area contributed by atoms with Crippen LogP contribution >= 0.6 is 7.52 Å². The van der Waals surface area contributed by atoms with Crippen molar-refractivity contribution in [1.29, 1.82) is 0 Å². The number of hydrogen-bond donors (Lipinski definition) is 1. The summed E-state index contributed by atoms with van der Waals surface area (Å²) in [5, 5.41) is 3.03. The fraction of sp³-hybridized carbons (Fsp3) is 0.235. The van der Waals surface area contributed by atoms with E-state index in [4.69, 9.17) is 4.52 Å². The van der Waals surface area contributed by atoms with Crippen LogP contribution in [0.5, 0.6) is 0 Å². The first kappa shape index (κ1) is 15.0. The first-order valence-corrected chi connectivity index (χ1v) is 8.86. The molecule has 1 N–H and O–H groups in total. The summed E-state index contributed by atoms with van der Waals surface area (Å²) in [5.41, 5.74) is 4.41. The standard InChI is InChI=1S/C17H18NO3P/c1-4-21-22(20)16-12(3)9-14(10-15(16)17(19)18-22)13-7-5-11(2)6-8-13/h5-10H,4H2,1-3H3,(H,18,19,20). The van der Waals surface area contributed by atoms with Gasteiger partial charge in [-0.3, -0.25) is 14.4 Å². The van der Waals surface area contributed by atoms with E-state index in [2.05, 4.69) is 5.09 Å². The van der Waals surface area contributed by atoms with Crippen molar-refractivity contribution >= 4 is 18.7 Å². The summed E-state index contributed by atoms with van der Waals surface area (Å²) >= 11 is 0. The van der Waals surface area contributed by atoms with Gasteiger partial charge in [-0.1, -0.05) is 35.9 Å². The van der Waals surface area contributed by atoms with Crippen molar-refractivity contribution in [3.63, 3.8) is 0 Å². The maximum absolute atomic E-state index is 12.8. The summed E-state index contributed by atoms with van der Waals surface area (Å²) < 4.78 is 18.2. The van der Waals surface area contributed by atoms with Crippen LogP contribution in [-0.2, 0) is 9.09 Å². The summed E-state index contributed by atoms with van der Waals surface area (Å²) in [6, 6.07) is 11.8. The zero-order valence-electron chi connectivity index (χ0n) is 12.8. The summed E-state index contributed by atoms with van der Waals surface area (Å²) in [6.07, 6.45) is 0. The van der Waals surface area contributed by atoms with E-state index in [1.165, 1.54) is 5.56 Å². The Kier molecular flexibility index (Phi) is 3.67. The smallest absolute Gasteiger partial charge is 0.310 e. The van der Waals surface area contributed by atoms with E-state index in [-0.39, 0.29) is 12.5 Å². The SMILES string of the molecule is CCOP1(=O)NC(=O)c2cc(-c3ccc(C)cc3)cc(C)c21. The molecule has 5 heteroatoms. The van der Waals surface area contributed by atoms with Crippen LogP contribution in [0.25, 0.3) is 11.1 Å². The van der Waals surface area contributed by atoms with Crippen molar-refractivity contribution in [2.75, 3.05) is 6.61 Å². The molecule has 1 unspecified atom stereocenters. The quantitative estimate of drug-likeness (QED) is 0.881. The number of nitrogens with one attached hydrogen (secondary N) is 1. The van der Waals surface area contributed by atoms with Crippen LogP contribution in [0.15, 0.2) is 36.4 Å². The van der Waals surface area contributed by atoms with E-state index in [9.17, 15) is 9.36 Å². The van der Waals surface area contributed by atoms with Crippen molar-refractivity contribution in [2.24, 2.45) is 0 Å². The average Bonchev–Trinajstić information content (AvgIpc) is 2.71. The van der Waals surface area contributed by atoms with Gasteiger partial charge in [0.15, 0.2) is 0 Å². The third-order valence-corrected chi connectivity index (χ3v) is 6.09. The molecule has 0 spiro atoms. The maximum Gasteiger partial charge on any atom is 0.327 e. The van der Waals surface area contributed by atoms with Crippen LogP contribution in [0.4, 0.5) is 0 Å². The van der Waals surface area contributed by atoms with Crippen LogP contribution in [0, 0.1) is 13.8 Å². The number of rotatable bonds is 3. The molecule has 0 saturated carbocycles. The monoisotopic (exact) mass is 315 g/mol. The molecule has 4 nitrogen and oxygen atoms in total. The summed E-state index contributed by atoms with van der Waals surface area (Å²) in [7, 11) is -3.27. The van der Waals surface area contributed by atoms with Gasteiger partial charge in [0.05, 0.1) is 17.5 Å². The molecule has 22 heavy (non-hydrogen) atoms. The Morgan fingerprint density at radius 1 is 1.09 bits per heavy atom. The number of benzene rings is 2. The fourth-order valence-electron chi connectivity index (χ4n) is 2.78. The van der Waals surface area contributed by atoms with Gasteiger partial charge >= 0.3 is 7.52 Å². The third-order valence-electron chi connectivity index (χ3n) is 3.78. The fourth-order valence-corrected chi connectivity index (χ4v) is 4.85. The lowest BCUT2D eigenvalue weighted by atomic mass is 9.99. The van der Waals surface area contributed by atoms with E-state index in [1.54, 1.807) is 13.0 Å². The van der Waals surface area contributed by atoms with Gasteiger partial charge < -0.3 is 4.52 Å². The highest BCUT2D eigenvalue weighted by molar-refractivity contribution is 7.67. The van der Waals surface area contributed by atoms with Crippen LogP contribution < -0.4 is 10.4 Å². The van der Waals surface area contributed by atoms with Crippen molar-refractivity contribution in [3.05, 3.63) is 53.1 Å². The van der Waals surface area contributed by atoms with Crippen molar-refractivity contribution in [1.82, 2.24) is 5.09 Å². The van der Waals surface area contributed by atoms with Crippen LogP contribution in [0.3, 0.4) is 0 Å². The molecule has 2 aromatic rings. The normalized spacial score (nSPS) is 19.9. The molecule has 1 amide bonds. The van der Waals surface area contributed by atoms with Gasteiger partial charge in [-0.25, -0.2) is 0 Å². The molecule has 1 atom stereocenters. The minimum atomic E-state index is -3.27. The molecule has 114 valence electrons. The van der Waals surface area contributed by atoms with Gasteiger partial charge in [-0.05, 0) is 43.5 Å². The zero-order valence-corrected chi connectivity index (χ0v) is 13.7. The minimum Gasteiger partial charge on any atom is -0.310 e. The van der Waals surface area contributed by atoms with Crippen LogP contribution in [0.1, 0.15) is 28.4 Å². The molecular formula is C17H18NO3P. The van der Waals surface area contributed by atoms with Gasteiger partial charge in [0.1, 0.15) is 0 Å². The van der Waals surface area contributed by atoms with Gasteiger partial charge in [0.2, 0.25) is 0 Å². The molecule has 0 aromatic heterocycles. The van der Waals surface area contributed by atoms with E-state index >= 15 is 0 Å². The Balaban J connectivity index is 2.15. The first-order valence-electron chi connectivity index (χ1n) is 7.24. The minimum absolute atomic E-state index is 0.288. The molecule has 0 saturated heterocycles. The average molecular weight is 315 g/mol. The van der Waals surface area contributed by atoms with Gasteiger partial charge in [-0.2, -0.15) is 0 Å². The van der Waals surface area contributed by atoms with Gasteiger partial charge in [0.25, 0.3) is 5.91 Å². The van der Waals surface area contributed by atoms with E-state index in [0.717, 1.165) is 16.7 Å². The second-order valence-corrected chi connectivity index (χ2v) is 7.50. The van der Waals surface area contributed by atoms with Crippen molar-refractivity contribution < 1.29 is 13.9 Å². The molecule has 1 aliphatic heterocycles. The molecule has 3 rings (SSSR count). The Morgan fingerprint density at radius 2 is 1.77 bits per heavy atom. The lowest BCUT2D eigenvalue weighted by molar-refractivity contribution is 0.0982. The molecule has 1 heterocycles. The number of fused-ring (bicyclic) bond motifs is 1. The Bertz CT molecular complexity index is 796.